The van der Waals surface area contributed by atoms with Gasteiger partial charge in [0, 0.05) is 250 Å². The van der Waals surface area contributed by atoms with Crippen LogP contribution in [0.3, 0.4) is 0 Å². The van der Waals surface area contributed by atoms with Gasteiger partial charge in [-0.05, 0) is 273 Å². The van der Waals surface area contributed by atoms with Crippen LogP contribution >= 0.6 is 0 Å². The van der Waals surface area contributed by atoms with Gasteiger partial charge in [0.2, 0.25) is 5.69 Å². The molecule has 2 aromatic carbocycles. The summed E-state index contributed by atoms with van der Waals surface area (Å²) >= 11 is 0. The molecule has 0 aliphatic carbocycles. The minimum atomic E-state index is 0.314. The molecular formula is C116H62N28. The van der Waals surface area contributed by atoms with E-state index >= 15 is 0 Å². The van der Waals surface area contributed by atoms with E-state index in [0.717, 1.165) is 156 Å². The average molecular weight is 1850 g/mol. The molecule has 0 spiro atoms. The summed E-state index contributed by atoms with van der Waals surface area (Å²) in [6.45, 7) is 22.1. The van der Waals surface area contributed by atoms with Crippen molar-refractivity contribution >= 4 is 17.2 Å². The standard InChI is InChI=1S/2C39H21N9.C38H20N10/c1-42-39-10-38(23-48-24-39)37-9-34(19-47-22-37)29-5-27(32-7-35(20-45-17-32)30-2-25(11-40)13-43-15-30)4-28(6-29)33-8-36(21-46-18-33)31-3-26(12-41)14-44-16-31;1-42-39-16-27(4-7-48-39)33-13-36(24-45-21-33)30-9-28(34-11-31(19-43-22-34)25-2-5-46-37(14-25)17-40)8-29(10-30)35-12-32(20-44-23-35)26-3-6-47-38(15-26)18-41;1-41-30-10-13-44-38(18-30)33-7-4-28(23-47-33)35-17-29(26-2-5-31(45-21-26)36-14-24(19-39)8-11-42-36)16-34(48-35)27-3-6-32(46-22-27)37-15-25(20-40)9-12-43-37/h2-10,13-24H;2-16,19-24H;2-18,21-23H. The van der Waals surface area contributed by atoms with Crippen molar-refractivity contribution in [3.8, 4) is 238 Å². The third-order valence-electron chi connectivity index (χ3n) is 23.0. The van der Waals surface area contributed by atoms with E-state index in [1.165, 1.54) is 18.6 Å². The summed E-state index contributed by atoms with van der Waals surface area (Å²) in [5, 5.41) is 56.2. The molecule has 0 atom stereocenters. The van der Waals surface area contributed by atoms with Gasteiger partial charge in [-0.1, -0.05) is 12.6 Å². The fourth-order valence-electron chi connectivity index (χ4n) is 15.8. The number of rotatable bonds is 18. The molecule has 19 aromatic heterocycles. The van der Waals surface area contributed by atoms with Crippen molar-refractivity contribution in [3.63, 3.8) is 0 Å². The van der Waals surface area contributed by atoms with Crippen LogP contribution in [-0.2, 0) is 0 Å². The van der Waals surface area contributed by atoms with E-state index in [1.54, 1.807) is 203 Å². The van der Waals surface area contributed by atoms with Crippen molar-refractivity contribution in [3.05, 3.63) is 448 Å². The van der Waals surface area contributed by atoms with Gasteiger partial charge >= 0.3 is 0 Å². The second-order valence-electron chi connectivity index (χ2n) is 32.2. The Balaban J connectivity index is 0.000000137. The van der Waals surface area contributed by atoms with E-state index in [4.69, 9.17) is 24.7 Å². The van der Waals surface area contributed by atoms with Crippen LogP contribution in [0.15, 0.2) is 380 Å². The molecule has 666 valence electrons. The molecule has 0 amide bonds. The van der Waals surface area contributed by atoms with Crippen LogP contribution in [0.2, 0.25) is 0 Å². The average Bonchev–Trinajstić information content (AvgIpc) is 0.779. The highest BCUT2D eigenvalue weighted by molar-refractivity contribution is 5.89. The van der Waals surface area contributed by atoms with Crippen LogP contribution in [0.4, 0.5) is 17.2 Å². The lowest BCUT2D eigenvalue weighted by atomic mass is 9.92. The first-order valence-corrected chi connectivity index (χ1v) is 43.9. The van der Waals surface area contributed by atoms with Crippen molar-refractivity contribution in [1.82, 2.24) is 94.7 Å². The van der Waals surface area contributed by atoms with Gasteiger partial charge in [-0.25, -0.2) is 24.6 Å². The molecule has 144 heavy (non-hydrogen) atoms. The molecule has 0 saturated carbocycles. The summed E-state index contributed by atoms with van der Waals surface area (Å²) < 4.78 is 0. The van der Waals surface area contributed by atoms with Gasteiger partial charge in [-0.3, -0.25) is 74.8 Å². The largest absolute Gasteiger partial charge is 0.361 e. The molecule has 0 aliphatic rings. The summed E-state index contributed by atoms with van der Waals surface area (Å²) in [6.07, 6.45) is 46.0. The molecule has 0 aliphatic heterocycles. The maximum atomic E-state index is 9.41. The lowest BCUT2D eigenvalue weighted by molar-refractivity contribution is 1.22. The summed E-state index contributed by atoms with van der Waals surface area (Å²) in [5.74, 6) is 0.314. The predicted octanol–water partition coefficient (Wildman–Crippen LogP) is 24.5. The zero-order valence-electron chi connectivity index (χ0n) is 75.3. The third-order valence-corrected chi connectivity index (χ3v) is 23.0. The fourth-order valence-corrected chi connectivity index (χ4v) is 15.8. The lowest BCUT2D eigenvalue weighted by Gasteiger charge is -2.13. The van der Waals surface area contributed by atoms with Gasteiger partial charge in [0.1, 0.15) is 41.9 Å². The topological polar surface area (TPSA) is 401 Å². The number of hydrogen-bond acceptors (Lipinski definition) is 25. The highest BCUT2D eigenvalue weighted by Gasteiger charge is 2.20. The summed E-state index contributed by atoms with van der Waals surface area (Å²) in [6, 6.07) is 79.1. The third kappa shape index (κ3) is 21.0. The first-order valence-electron chi connectivity index (χ1n) is 43.9. The molecule has 19 heterocycles. The number of hydrogen-bond donors (Lipinski definition) is 0. The van der Waals surface area contributed by atoms with Gasteiger partial charge in [0.05, 0.1) is 93.1 Å². The molecule has 0 radical (unpaired) electrons. The van der Waals surface area contributed by atoms with E-state index in [9.17, 15) is 31.6 Å². The number of aromatic nitrogens is 19. The first kappa shape index (κ1) is 90.8. The van der Waals surface area contributed by atoms with Crippen LogP contribution in [0, 0.1) is 87.7 Å². The van der Waals surface area contributed by atoms with E-state index in [1.807, 2.05) is 122 Å². The summed E-state index contributed by atoms with van der Waals surface area (Å²) in [7, 11) is 0. The SMILES string of the molecule is [C-]#[N+]c1cc(-c2cncc(-c3cc(-c4cncc(-c5ccnc(C#N)c5)c4)cc(-c4cncc(-c5ccnc(C#N)c5)c4)c3)c2)ccn1.[C-]#[N+]c1ccnc(-c2ccc(-c3cc(-c4ccc(-c5cc(C#N)ccn5)nc4)cc(-c4ccc(-c5cc(C#N)ccn5)nc4)n3)cn2)c1.[C-]#[N+]c1cncc(-c2cncc(-c3cc(-c4cncc(-c5cncc(C#N)c5)c4)cc(-c4cncc(-c5cncc(C#N)c5)c4)c3)c2)c1. The summed E-state index contributed by atoms with van der Waals surface area (Å²) in [4.78, 5) is 94.7. The Morgan fingerprint density at radius 3 is 0.806 bits per heavy atom. The van der Waals surface area contributed by atoms with Crippen LogP contribution in [-0.4, -0.2) is 94.7 Å². The normalized spacial score (nSPS) is 10.4. The summed E-state index contributed by atoms with van der Waals surface area (Å²) in [5.41, 5.74) is 32.6. The fraction of sp³-hybridized carbons (Fsp3) is 0. The Bertz CT molecular complexity index is 7800. The quantitative estimate of drug-likeness (QED) is 0.0720. The number of nitriles is 6. The van der Waals surface area contributed by atoms with E-state index in [-0.39, 0.29) is 0 Å². The second-order valence-corrected chi connectivity index (χ2v) is 32.2. The van der Waals surface area contributed by atoms with Crippen LogP contribution in [0.5, 0.6) is 0 Å². The van der Waals surface area contributed by atoms with Gasteiger partial charge in [-0.2, -0.15) is 31.6 Å². The van der Waals surface area contributed by atoms with Crippen LogP contribution < -0.4 is 0 Å². The van der Waals surface area contributed by atoms with Crippen molar-refractivity contribution in [2.45, 2.75) is 0 Å². The first-order chi connectivity index (χ1) is 70.8. The number of nitrogens with zero attached hydrogens (tertiary/aromatic N) is 28. The van der Waals surface area contributed by atoms with E-state index in [0.29, 0.717) is 96.4 Å². The van der Waals surface area contributed by atoms with E-state index < -0.39 is 0 Å². The number of pyridine rings is 19. The maximum Gasteiger partial charge on any atom is 0.270 e. The monoisotopic (exact) mass is 1850 g/mol. The molecule has 28 nitrogen and oxygen atoms in total. The maximum absolute atomic E-state index is 9.41. The van der Waals surface area contributed by atoms with Gasteiger partial charge < -0.3 is 4.85 Å². The van der Waals surface area contributed by atoms with Gasteiger partial charge in [0.15, 0.2) is 5.69 Å². The van der Waals surface area contributed by atoms with Crippen molar-refractivity contribution in [2.75, 3.05) is 0 Å². The Labute approximate surface area is 823 Å². The van der Waals surface area contributed by atoms with Crippen LogP contribution in [0.25, 0.3) is 216 Å². The lowest BCUT2D eigenvalue weighted by Crippen LogP contribution is -1.95. The zero-order chi connectivity index (χ0) is 98.6. The minimum absolute atomic E-state index is 0.314. The highest BCUT2D eigenvalue weighted by atomic mass is 14.9. The Kier molecular flexibility index (Phi) is 26.6. The zero-order valence-corrected chi connectivity index (χ0v) is 75.3. The van der Waals surface area contributed by atoms with E-state index in [2.05, 4.69) is 177 Å². The predicted molar refractivity (Wildman–Crippen MR) is 542 cm³/mol. The van der Waals surface area contributed by atoms with Crippen molar-refractivity contribution < 1.29 is 0 Å². The molecule has 0 saturated heterocycles. The minimum Gasteiger partial charge on any atom is -0.361 e. The molecule has 28 heteroatoms. The molecule has 21 aromatic rings. The molecular weight excluding hydrogens is 1790 g/mol. The molecule has 0 unspecified atom stereocenters. The van der Waals surface area contributed by atoms with Gasteiger partial charge in [0.25, 0.3) is 5.82 Å². The van der Waals surface area contributed by atoms with Crippen molar-refractivity contribution in [1.29, 1.82) is 31.6 Å². The Morgan fingerprint density at radius 2 is 0.458 bits per heavy atom. The Morgan fingerprint density at radius 1 is 0.167 bits per heavy atom. The second kappa shape index (κ2) is 42.1. The van der Waals surface area contributed by atoms with Crippen LogP contribution in [0.1, 0.15) is 33.6 Å². The Hall–Kier alpha value is -22.3. The molecule has 0 fully saturated rings. The van der Waals surface area contributed by atoms with Crippen molar-refractivity contribution in [2.24, 2.45) is 0 Å². The molecule has 0 bridgehead atoms. The smallest absolute Gasteiger partial charge is 0.270 e. The molecule has 21 rings (SSSR count). The molecule has 0 N–H and O–H groups in total. The highest BCUT2D eigenvalue weighted by Crippen LogP contribution is 2.42. The number of benzene rings is 2. The van der Waals surface area contributed by atoms with Gasteiger partial charge in [-0.15, -0.1) is 4.98 Å².